The van der Waals surface area contributed by atoms with E-state index in [1.165, 1.54) is 14.2 Å². The highest BCUT2D eigenvalue weighted by atomic mass is 32.1. The number of morpholine rings is 1. The standard InChI is InChI=1S/C10H15N5O3S/c1-16-9-12-8(13-10(14-9)17-2)15-3-4-18-6(5-15)7(11)19/h6H,3-5H2,1-2H3,(H2,11,19). The van der Waals surface area contributed by atoms with Crippen LogP contribution < -0.4 is 20.1 Å². The van der Waals surface area contributed by atoms with Gasteiger partial charge in [-0.2, -0.15) is 9.97 Å². The van der Waals surface area contributed by atoms with E-state index in [0.29, 0.717) is 30.6 Å². The molecule has 1 atom stereocenters. The summed E-state index contributed by atoms with van der Waals surface area (Å²) < 4.78 is 15.5. The van der Waals surface area contributed by atoms with E-state index < -0.39 is 0 Å². The Morgan fingerprint density at radius 2 is 1.95 bits per heavy atom. The summed E-state index contributed by atoms with van der Waals surface area (Å²) in [6.07, 6.45) is -0.308. The van der Waals surface area contributed by atoms with Gasteiger partial charge in [-0.25, -0.2) is 0 Å². The molecule has 104 valence electrons. The molecular weight excluding hydrogens is 270 g/mol. The molecule has 0 bridgehead atoms. The number of aromatic nitrogens is 3. The van der Waals surface area contributed by atoms with Crippen molar-refractivity contribution in [3.05, 3.63) is 0 Å². The molecule has 2 N–H and O–H groups in total. The summed E-state index contributed by atoms with van der Waals surface area (Å²) in [6.45, 7) is 1.62. The maximum atomic E-state index is 5.60. The minimum Gasteiger partial charge on any atom is -0.467 e. The normalized spacial score (nSPS) is 19.1. The summed E-state index contributed by atoms with van der Waals surface area (Å²) in [5, 5.41) is 0. The molecule has 1 aliphatic heterocycles. The van der Waals surface area contributed by atoms with Crippen molar-refractivity contribution < 1.29 is 14.2 Å². The van der Waals surface area contributed by atoms with Crippen LogP contribution in [0.5, 0.6) is 12.0 Å². The topological polar surface area (TPSA) is 95.6 Å². The molecule has 2 heterocycles. The Morgan fingerprint density at radius 3 is 2.47 bits per heavy atom. The predicted molar refractivity (Wildman–Crippen MR) is 71.7 cm³/mol. The van der Waals surface area contributed by atoms with Gasteiger partial charge in [0.25, 0.3) is 0 Å². The van der Waals surface area contributed by atoms with E-state index in [2.05, 4.69) is 15.0 Å². The number of hydrogen-bond donors (Lipinski definition) is 1. The van der Waals surface area contributed by atoms with Crippen LogP contribution in [-0.2, 0) is 4.74 Å². The number of rotatable bonds is 4. The van der Waals surface area contributed by atoms with Gasteiger partial charge in [-0.1, -0.05) is 12.2 Å². The summed E-state index contributed by atoms with van der Waals surface area (Å²) in [6, 6.07) is 0.389. The van der Waals surface area contributed by atoms with Gasteiger partial charge in [-0.3, -0.25) is 0 Å². The molecule has 1 saturated heterocycles. The van der Waals surface area contributed by atoms with Crippen LogP contribution in [0, 0.1) is 0 Å². The average Bonchev–Trinajstić information content (AvgIpc) is 2.46. The van der Waals surface area contributed by atoms with Gasteiger partial charge in [0.15, 0.2) is 0 Å². The monoisotopic (exact) mass is 285 g/mol. The molecule has 9 heteroatoms. The van der Waals surface area contributed by atoms with Crippen LogP contribution in [0.3, 0.4) is 0 Å². The van der Waals surface area contributed by atoms with Gasteiger partial charge in [0.1, 0.15) is 11.1 Å². The van der Waals surface area contributed by atoms with Crippen molar-refractivity contribution in [3.63, 3.8) is 0 Å². The zero-order valence-electron chi connectivity index (χ0n) is 10.7. The van der Waals surface area contributed by atoms with E-state index in [1.54, 1.807) is 0 Å². The molecule has 0 amide bonds. The molecule has 8 nitrogen and oxygen atoms in total. The molecule has 0 aromatic carbocycles. The summed E-state index contributed by atoms with van der Waals surface area (Å²) in [7, 11) is 2.96. The molecule has 1 aromatic heterocycles. The van der Waals surface area contributed by atoms with Gasteiger partial charge in [0, 0.05) is 6.54 Å². The van der Waals surface area contributed by atoms with Crippen molar-refractivity contribution in [3.8, 4) is 12.0 Å². The van der Waals surface area contributed by atoms with Crippen molar-refractivity contribution in [2.45, 2.75) is 6.10 Å². The second kappa shape index (κ2) is 5.93. The SMILES string of the molecule is COc1nc(OC)nc(N2CCOC(C(N)=S)C2)n1. The van der Waals surface area contributed by atoms with E-state index in [-0.39, 0.29) is 18.1 Å². The third-order valence-electron chi connectivity index (χ3n) is 2.61. The van der Waals surface area contributed by atoms with Crippen LogP contribution in [-0.4, -0.2) is 60.0 Å². The first-order chi connectivity index (χ1) is 9.13. The number of hydrogen-bond acceptors (Lipinski definition) is 8. The first-order valence-corrected chi connectivity index (χ1v) is 6.04. The Labute approximate surface area is 115 Å². The van der Waals surface area contributed by atoms with Crippen molar-refractivity contribution >= 4 is 23.2 Å². The van der Waals surface area contributed by atoms with Crippen LogP contribution in [0.4, 0.5) is 5.95 Å². The van der Waals surface area contributed by atoms with Crippen molar-refractivity contribution in [2.24, 2.45) is 5.73 Å². The fourth-order valence-electron chi connectivity index (χ4n) is 1.65. The van der Waals surface area contributed by atoms with Crippen molar-refractivity contribution in [1.29, 1.82) is 0 Å². The maximum Gasteiger partial charge on any atom is 0.324 e. The maximum absolute atomic E-state index is 5.60. The lowest BCUT2D eigenvalue weighted by Crippen LogP contribution is -2.48. The van der Waals surface area contributed by atoms with E-state index >= 15 is 0 Å². The molecule has 0 spiro atoms. The molecule has 1 fully saturated rings. The first-order valence-electron chi connectivity index (χ1n) is 5.64. The number of anilines is 1. The molecule has 0 saturated carbocycles. The van der Waals surface area contributed by atoms with Crippen molar-refractivity contribution in [1.82, 2.24) is 15.0 Å². The third kappa shape index (κ3) is 3.18. The quantitative estimate of drug-likeness (QED) is 0.726. The van der Waals surface area contributed by atoms with Crippen LogP contribution in [0.1, 0.15) is 0 Å². The Balaban J connectivity index is 2.22. The van der Waals surface area contributed by atoms with Crippen LogP contribution in [0.2, 0.25) is 0 Å². The lowest BCUT2D eigenvalue weighted by atomic mass is 10.3. The van der Waals surface area contributed by atoms with Gasteiger partial charge < -0.3 is 24.8 Å². The average molecular weight is 285 g/mol. The third-order valence-corrected chi connectivity index (χ3v) is 2.88. The first kappa shape index (κ1) is 13.7. The lowest BCUT2D eigenvalue weighted by molar-refractivity contribution is 0.0839. The van der Waals surface area contributed by atoms with Crippen LogP contribution in [0.15, 0.2) is 0 Å². The highest BCUT2D eigenvalue weighted by Gasteiger charge is 2.25. The molecular formula is C10H15N5O3S. The Kier molecular flexibility index (Phi) is 4.27. The number of methoxy groups -OCH3 is 2. The molecule has 2 rings (SSSR count). The lowest BCUT2D eigenvalue weighted by Gasteiger charge is -2.32. The number of thiocarbonyl (C=S) groups is 1. The predicted octanol–water partition coefficient (Wildman–Crippen LogP) is -0.620. The smallest absolute Gasteiger partial charge is 0.324 e. The highest BCUT2D eigenvalue weighted by molar-refractivity contribution is 7.80. The van der Waals surface area contributed by atoms with Gasteiger partial charge in [-0.05, 0) is 0 Å². The number of ether oxygens (including phenoxy) is 3. The zero-order valence-corrected chi connectivity index (χ0v) is 11.5. The Hall–Kier alpha value is -1.74. The zero-order chi connectivity index (χ0) is 13.8. The summed E-state index contributed by atoms with van der Waals surface area (Å²) in [5.74, 6) is 0.452. The number of nitrogens with two attached hydrogens (primary N) is 1. The van der Waals surface area contributed by atoms with E-state index in [9.17, 15) is 0 Å². The fraction of sp³-hybridized carbons (Fsp3) is 0.600. The summed E-state index contributed by atoms with van der Waals surface area (Å²) in [4.78, 5) is 14.5. The van der Waals surface area contributed by atoms with Crippen molar-refractivity contribution in [2.75, 3.05) is 38.8 Å². The molecule has 1 unspecified atom stereocenters. The van der Waals surface area contributed by atoms with Gasteiger partial charge >= 0.3 is 12.0 Å². The second-order valence-electron chi connectivity index (χ2n) is 3.82. The minimum atomic E-state index is -0.308. The molecule has 0 aliphatic carbocycles. The van der Waals surface area contributed by atoms with Crippen LogP contribution in [0.25, 0.3) is 0 Å². The molecule has 19 heavy (non-hydrogen) atoms. The van der Waals surface area contributed by atoms with E-state index in [4.69, 9.17) is 32.2 Å². The Bertz CT molecular complexity index is 450. The number of nitrogens with zero attached hydrogens (tertiary/aromatic N) is 4. The van der Waals surface area contributed by atoms with Gasteiger partial charge in [0.2, 0.25) is 5.95 Å². The Morgan fingerprint density at radius 1 is 1.32 bits per heavy atom. The summed E-state index contributed by atoms with van der Waals surface area (Å²) in [5.41, 5.74) is 5.60. The van der Waals surface area contributed by atoms with Crippen LogP contribution >= 0.6 is 12.2 Å². The van der Waals surface area contributed by atoms with E-state index in [1.807, 2.05) is 4.90 Å². The molecule has 1 aromatic rings. The molecule has 0 radical (unpaired) electrons. The van der Waals surface area contributed by atoms with E-state index in [0.717, 1.165) is 0 Å². The fourth-order valence-corrected chi connectivity index (χ4v) is 1.80. The summed E-state index contributed by atoms with van der Waals surface area (Å²) >= 11 is 4.94. The minimum absolute atomic E-state index is 0.195. The van der Waals surface area contributed by atoms with Gasteiger partial charge in [-0.15, -0.1) is 4.98 Å². The van der Waals surface area contributed by atoms with Gasteiger partial charge in [0.05, 0.1) is 27.4 Å². The second-order valence-corrected chi connectivity index (χ2v) is 4.29. The highest BCUT2D eigenvalue weighted by Crippen LogP contribution is 2.18. The molecule has 1 aliphatic rings. The largest absolute Gasteiger partial charge is 0.467 e.